The molecule has 0 amide bonds. The third kappa shape index (κ3) is 3.57. The average molecular weight is 482 g/mol. The first-order valence-electron chi connectivity index (χ1n) is 13.6. The smallest absolute Gasteiger partial charge is 0.0511 e. The zero-order valence-corrected chi connectivity index (χ0v) is 23.2. The number of rotatable bonds is 2. The molecule has 0 aromatic heterocycles. The van der Waals surface area contributed by atoms with Crippen molar-refractivity contribution in [3.05, 3.63) is 91.9 Å². The van der Waals surface area contributed by atoms with Gasteiger partial charge in [0.25, 0.3) is 0 Å². The fourth-order valence-corrected chi connectivity index (χ4v) is 8.26. The maximum absolute atomic E-state index is 6.77. The molecule has 3 heteroatoms. The minimum atomic E-state index is 0.0520. The van der Waals surface area contributed by atoms with Gasteiger partial charge < -0.3 is 11.5 Å². The van der Waals surface area contributed by atoms with Gasteiger partial charge in [-0.3, -0.25) is 4.99 Å². The number of aliphatic imine (C=N–C) groups is 1. The van der Waals surface area contributed by atoms with Gasteiger partial charge in [-0.05, 0) is 112 Å². The van der Waals surface area contributed by atoms with E-state index in [1.165, 1.54) is 44.6 Å². The molecule has 3 nitrogen and oxygen atoms in total. The van der Waals surface area contributed by atoms with E-state index in [2.05, 4.69) is 47.3 Å². The van der Waals surface area contributed by atoms with Gasteiger partial charge in [0.2, 0.25) is 0 Å². The molecule has 5 aliphatic carbocycles. The zero-order chi connectivity index (χ0) is 26.1. The van der Waals surface area contributed by atoms with Crippen molar-refractivity contribution < 1.29 is 0 Å². The summed E-state index contributed by atoms with van der Waals surface area (Å²) in [4.78, 5) is 4.80. The predicted molar refractivity (Wildman–Crippen MR) is 153 cm³/mol. The summed E-state index contributed by atoms with van der Waals surface area (Å²) < 4.78 is 0. The minimum absolute atomic E-state index is 0.0520. The van der Waals surface area contributed by atoms with Crippen LogP contribution in [0.3, 0.4) is 0 Å². The SMILES string of the molecule is C=C(N)C1=C(C)CC2CC3(C)CC4=C(C5=CC(C)=C(C)CC5)CCC(N)=C4C(=C)C3=C(C)C2/C1=N\C. The molecule has 0 radical (unpaired) electrons. The average Bonchev–Trinajstić information content (AvgIpc) is 2.79. The van der Waals surface area contributed by atoms with Gasteiger partial charge in [-0.1, -0.05) is 48.5 Å². The standard InChI is InChI=1S/C33H43N3/c1-17-9-10-23(13-18(17)2)25-11-12-27(35)30-21(5)31-20(4)29-24(15-33(31,7)16-26(25)30)14-19(3)28(22(6)34)32(29)36-8/h13,24,29H,5-6,9-12,14-16,34-35H2,1-4,7-8H3/b36-32-. The van der Waals surface area contributed by atoms with Gasteiger partial charge >= 0.3 is 0 Å². The molecule has 0 spiro atoms. The summed E-state index contributed by atoms with van der Waals surface area (Å²) in [5.74, 6) is 0.784. The van der Waals surface area contributed by atoms with E-state index < -0.39 is 0 Å². The van der Waals surface area contributed by atoms with Crippen molar-refractivity contribution in [2.45, 2.75) is 79.6 Å². The number of allylic oxidation sites excluding steroid dienone is 13. The van der Waals surface area contributed by atoms with Crippen LogP contribution in [0.15, 0.2) is 96.9 Å². The molecule has 0 aromatic rings. The monoisotopic (exact) mass is 481 g/mol. The summed E-state index contributed by atoms with van der Waals surface area (Å²) in [6, 6.07) is 0. The Labute approximate surface area is 217 Å². The fraction of sp³-hybridized carbons (Fsp3) is 0.485. The van der Waals surface area contributed by atoms with E-state index in [1.54, 1.807) is 5.57 Å². The first-order valence-corrected chi connectivity index (χ1v) is 13.6. The summed E-state index contributed by atoms with van der Waals surface area (Å²) in [7, 11) is 1.90. The lowest BCUT2D eigenvalue weighted by Gasteiger charge is -2.52. The maximum Gasteiger partial charge on any atom is 0.0511 e. The van der Waals surface area contributed by atoms with E-state index >= 15 is 0 Å². The Kier molecular flexibility index (Phi) is 5.97. The van der Waals surface area contributed by atoms with Crippen LogP contribution < -0.4 is 11.5 Å². The van der Waals surface area contributed by atoms with E-state index in [-0.39, 0.29) is 11.3 Å². The maximum atomic E-state index is 6.77. The van der Waals surface area contributed by atoms with E-state index in [0.29, 0.717) is 11.6 Å². The third-order valence-corrected chi connectivity index (χ3v) is 9.78. The van der Waals surface area contributed by atoms with Crippen LogP contribution in [-0.4, -0.2) is 12.8 Å². The number of nitrogens with two attached hydrogens (primary N) is 2. The first-order chi connectivity index (χ1) is 17.0. The van der Waals surface area contributed by atoms with Crippen molar-refractivity contribution in [2.75, 3.05) is 7.05 Å². The molecule has 3 atom stereocenters. The third-order valence-electron chi connectivity index (χ3n) is 9.78. The van der Waals surface area contributed by atoms with Crippen LogP contribution in [0.25, 0.3) is 0 Å². The normalized spacial score (nSPS) is 32.1. The predicted octanol–water partition coefficient (Wildman–Crippen LogP) is 7.53. The van der Waals surface area contributed by atoms with Crippen molar-refractivity contribution in [3.63, 3.8) is 0 Å². The number of nitrogens with zero attached hydrogens (tertiary/aromatic N) is 1. The van der Waals surface area contributed by atoms with Gasteiger partial charge in [0.15, 0.2) is 0 Å². The Morgan fingerprint density at radius 3 is 2.42 bits per heavy atom. The molecule has 0 heterocycles. The first kappa shape index (κ1) is 24.9. The van der Waals surface area contributed by atoms with Crippen molar-refractivity contribution in [2.24, 2.45) is 33.7 Å². The van der Waals surface area contributed by atoms with E-state index in [0.717, 1.165) is 67.5 Å². The molecule has 36 heavy (non-hydrogen) atoms. The highest BCUT2D eigenvalue weighted by atomic mass is 14.7. The van der Waals surface area contributed by atoms with Crippen molar-refractivity contribution in [1.82, 2.24) is 0 Å². The van der Waals surface area contributed by atoms with Gasteiger partial charge in [0.1, 0.15) is 0 Å². The van der Waals surface area contributed by atoms with Crippen molar-refractivity contribution in [3.8, 4) is 0 Å². The van der Waals surface area contributed by atoms with Gasteiger partial charge in [-0.2, -0.15) is 0 Å². The molecule has 0 bridgehead atoms. The lowest BCUT2D eigenvalue weighted by Crippen LogP contribution is -2.44. The minimum Gasteiger partial charge on any atom is -0.402 e. The highest BCUT2D eigenvalue weighted by Crippen LogP contribution is 2.61. The second-order valence-corrected chi connectivity index (χ2v) is 12.2. The quantitative estimate of drug-likeness (QED) is 0.428. The highest BCUT2D eigenvalue weighted by Gasteiger charge is 2.50. The van der Waals surface area contributed by atoms with Crippen LogP contribution in [-0.2, 0) is 0 Å². The van der Waals surface area contributed by atoms with Crippen LogP contribution >= 0.6 is 0 Å². The highest BCUT2D eigenvalue weighted by molar-refractivity contribution is 6.08. The van der Waals surface area contributed by atoms with Gasteiger partial charge in [-0.25, -0.2) is 0 Å². The summed E-state index contributed by atoms with van der Waals surface area (Å²) in [6.07, 6.45) is 9.93. The van der Waals surface area contributed by atoms with Gasteiger partial charge in [-0.15, -0.1) is 0 Å². The van der Waals surface area contributed by atoms with E-state index in [9.17, 15) is 0 Å². The van der Waals surface area contributed by atoms with Crippen LogP contribution in [0.4, 0.5) is 0 Å². The molecule has 1 saturated carbocycles. The molecule has 0 aliphatic heterocycles. The van der Waals surface area contributed by atoms with Gasteiger partial charge in [0, 0.05) is 35.5 Å². The van der Waals surface area contributed by atoms with Crippen molar-refractivity contribution in [1.29, 1.82) is 0 Å². The second-order valence-electron chi connectivity index (χ2n) is 12.2. The van der Waals surface area contributed by atoms with Crippen LogP contribution in [0.5, 0.6) is 0 Å². The van der Waals surface area contributed by atoms with Crippen LogP contribution in [0.1, 0.15) is 79.6 Å². The zero-order valence-electron chi connectivity index (χ0n) is 23.2. The Hall–Kier alpha value is -2.81. The molecule has 3 unspecified atom stereocenters. The Morgan fingerprint density at radius 1 is 1.06 bits per heavy atom. The number of fused-ring (bicyclic) bond motifs is 3. The summed E-state index contributed by atoms with van der Waals surface area (Å²) in [6.45, 7) is 20.4. The lowest BCUT2D eigenvalue weighted by molar-refractivity contribution is 0.229. The van der Waals surface area contributed by atoms with Crippen LogP contribution in [0.2, 0.25) is 0 Å². The molecule has 4 N–H and O–H groups in total. The lowest BCUT2D eigenvalue weighted by atomic mass is 9.51. The molecule has 5 aliphatic rings. The molecular formula is C33H43N3. The number of hydrogen-bond donors (Lipinski definition) is 2. The second kappa shape index (κ2) is 8.64. The summed E-state index contributed by atoms with van der Waals surface area (Å²) in [5.41, 5.74) is 31.0. The molecule has 190 valence electrons. The Balaban J connectivity index is 1.67. The fourth-order valence-electron chi connectivity index (χ4n) is 8.26. The Morgan fingerprint density at radius 2 is 1.78 bits per heavy atom. The molecule has 0 saturated heterocycles. The molecular weight excluding hydrogens is 438 g/mol. The Bertz CT molecular complexity index is 1320. The van der Waals surface area contributed by atoms with Crippen LogP contribution in [0, 0.1) is 17.3 Å². The topological polar surface area (TPSA) is 64.4 Å². The van der Waals surface area contributed by atoms with Gasteiger partial charge in [0.05, 0.1) is 5.71 Å². The summed E-state index contributed by atoms with van der Waals surface area (Å²) >= 11 is 0. The van der Waals surface area contributed by atoms with Crippen molar-refractivity contribution >= 4 is 5.71 Å². The number of hydrogen-bond acceptors (Lipinski definition) is 3. The molecule has 0 aromatic carbocycles. The molecule has 1 fully saturated rings. The van der Waals surface area contributed by atoms with E-state index in [1.807, 2.05) is 7.05 Å². The van der Waals surface area contributed by atoms with E-state index in [4.69, 9.17) is 23.0 Å². The largest absolute Gasteiger partial charge is 0.402 e. The summed E-state index contributed by atoms with van der Waals surface area (Å²) in [5, 5.41) is 0. The molecule has 5 rings (SSSR count).